The molecule has 0 fully saturated rings. The van der Waals surface area contributed by atoms with Crippen molar-refractivity contribution in [2.24, 2.45) is 0 Å². The first-order chi connectivity index (χ1) is 16.2. The molecular formula is C30H15NO2. The van der Waals surface area contributed by atoms with E-state index in [4.69, 9.17) is 0 Å². The molecule has 33 heavy (non-hydrogen) atoms. The smallest absolute Gasteiger partial charge is 0.258 e. The van der Waals surface area contributed by atoms with E-state index in [1.807, 2.05) is 12.1 Å². The topological polar surface area (TPSA) is 43.1 Å². The van der Waals surface area contributed by atoms with Crippen LogP contribution in [-0.2, 0) is 0 Å². The zero-order valence-electron chi connectivity index (χ0n) is 17.4. The highest BCUT2D eigenvalue weighted by molar-refractivity contribution is 6.45. The average molecular weight is 421 g/mol. The van der Waals surface area contributed by atoms with Gasteiger partial charge in [-0.1, -0.05) is 60.7 Å². The molecule has 3 nitrogen and oxygen atoms in total. The van der Waals surface area contributed by atoms with Crippen LogP contribution >= 0.6 is 0 Å². The fraction of sp³-hybridized carbons (Fsp3) is 0. The third-order valence-electron chi connectivity index (χ3n) is 7.39. The van der Waals surface area contributed by atoms with Crippen LogP contribution in [0.25, 0.3) is 75.8 Å². The van der Waals surface area contributed by atoms with Gasteiger partial charge >= 0.3 is 0 Å². The monoisotopic (exact) mass is 421 g/mol. The third kappa shape index (κ3) is 2.00. The molecule has 0 amide bonds. The minimum Gasteiger partial charge on any atom is -0.258 e. The van der Waals surface area contributed by atoms with Crippen LogP contribution in [0.15, 0.2) is 91.0 Å². The van der Waals surface area contributed by atoms with Crippen LogP contribution in [0.3, 0.4) is 0 Å². The van der Waals surface area contributed by atoms with Crippen molar-refractivity contribution < 1.29 is 4.92 Å². The Hall–Kier alpha value is -4.50. The predicted octanol–water partition coefficient (Wildman–Crippen LogP) is 8.49. The summed E-state index contributed by atoms with van der Waals surface area (Å²) in [5, 5.41) is 26.6. The van der Waals surface area contributed by atoms with Crippen molar-refractivity contribution in [2.75, 3.05) is 0 Å². The van der Waals surface area contributed by atoms with Crippen molar-refractivity contribution in [2.45, 2.75) is 0 Å². The van der Waals surface area contributed by atoms with Crippen molar-refractivity contribution in [3.8, 4) is 11.1 Å². The molecule has 0 N–H and O–H groups in total. The molecule has 0 aliphatic carbocycles. The number of nitro groups is 1. The van der Waals surface area contributed by atoms with Gasteiger partial charge in [-0.05, 0) is 94.0 Å². The summed E-state index contributed by atoms with van der Waals surface area (Å²) in [6, 6.07) is 31.4. The van der Waals surface area contributed by atoms with Crippen LogP contribution in [-0.4, -0.2) is 4.92 Å². The van der Waals surface area contributed by atoms with E-state index >= 15 is 0 Å². The van der Waals surface area contributed by atoms with E-state index in [-0.39, 0.29) is 10.6 Å². The van der Waals surface area contributed by atoms with Crippen molar-refractivity contribution in [1.82, 2.24) is 0 Å². The molecule has 152 valence electrons. The first kappa shape index (κ1) is 17.1. The number of hydrogen-bond donors (Lipinski definition) is 0. The van der Waals surface area contributed by atoms with Crippen molar-refractivity contribution in [3.63, 3.8) is 0 Å². The van der Waals surface area contributed by atoms with Gasteiger partial charge in [0.1, 0.15) is 0 Å². The maximum atomic E-state index is 11.2. The minimum absolute atomic E-state index is 0.111. The van der Waals surface area contributed by atoms with Crippen LogP contribution in [0.1, 0.15) is 0 Å². The standard InChI is InChI=1S/C30H15NO2/c32-31(33)22-12-9-16(10-13-22)24-15-21-8-7-19-4-2-17-1-3-18-5-6-20-11-14-23(24)30-28(20)26(18)25(17)27(19)29(21)30/h1-15H. The van der Waals surface area contributed by atoms with Gasteiger partial charge in [-0.25, -0.2) is 0 Å². The van der Waals surface area contributed by atoms with Gasteiger partial charge in [0.2, 0.25) is 0 Å². The third-order valence-corrected chi connectivity index (χ3v) is 7.39. The average Bonchev–Trinajstić information content (AvgIpc) is 2.86. The second-order valence-corrected chi connectivity index (χ2v) is 8.97. The molecular weight excluding hydrogens is 406 g/mol. The van der Waals surface area contributed by atoms with Crippen molar-refractivity contribution in [3.05, 3.63) is 101 Å². The second-order valence-electron chi connectivity index (χ2n) is 8.97. The number of nitrogens with zero attached hydrogens (tertiary/aromatic N) is 1. The Labute approximate surface area is 187 Å². The Morgan fingerprint density at radius 2 is 0.909 bits per heavy atom. The van der Waals surface area contributed by atoms with Crippen LogP contribution in [0, 0.1) is 10.1 Å². The quantitative estimate of drug-likeness (QED) is 0.122. The molecule has 0 spiro atoms. The lowest BCUT2D eigenvalue weighted by Crippen LogP contribution is -1.94. The van der Waals surface area contributed by atoms with E-state index in [1.54, 1.807) is 12.1 Å². The van der Waals surface area contributed by atoms with E-state index < -0.39 is 0 Å². The zero-order chi connectivity index (χ0) is 21.8. The Bertz CT molecular complexity index is 1980. The maximum Gasteiger partial charge on any atom is 0.269 e. The molecule has 0 radical (unpaired) electrons. The molecule has 0 bridgehead atoms. The summed E-state index contributed by atoms with van der Waals surface area (Å²) in [6.45, 7) is 0. The fourth-order valence-corrected chi connectivity index (χ4v) is 5.99. The van der Waals surface area contributed by atoms with Gasteiger partial charge in [0.05, 0.1) is 4.92 Å². The Balaban J connectivity index is 1.66. The molecule has 8 aromatic rings. The second kappa shape index (κ2) is 5.64. The fourth-order valence-electron chi connectivity index (χ4n) is 5.99. The highest BCUT2D eigenvalue weighted by Crippen LogP contribution is 2.50. The Kier molecular flexibility index (Phi) is 2.92. The van der Waals surface area contributed by atoms with Crippen molar-refractivity contribution in [1.29, 1.82) is 0 Å². The molecule has 3 heteroatoms. The number of nitro benzene ring substituents is 1. The van der Waals surface area contributed by atoms with E-state index in [9.17, 15) is 10.1 Å². The first-order valence-electron chi connectivity index (χ1n) is 11.0. The van der Waals surface area contributed by atoms with Gasteiger partial charge in [-0.3, -0.25) is 10.1 Å². The van der Waals surface area contributed by atoms with Gasteiger partial charge in [0, 0.05) is 12.1 Å². The van der Waals surface area contributed by atoms with Crippen LogP contribution in [0.4, 0.5) is 5.69 Å². The number of benzene rings is 8. The van der Waals surface area contributed by atoms with Gasteiger partial charge in [-0.15, -0.1) is 0 Å². The lowest BCUT2D eigenvalue weighted by atomic mass is 9.81. The van der Waals surface area contributed by atoms with E-state index in [2.05, 4.69) is 66.7 Å². The molecule has 0 saturated carbocycles. The zero-order valence-corrected chi connectivity index (χ0v) is 17.4. The molecule has 0 atom stereocenters. The lowest BCUT2D eigenvalue weighted by Gasteiger charge is -2.22. The van der Waals surface area contributed by atoms with Crippen LogP contribution < -0.4 is 0 Å². The molecule has 0 unspecified atom stereocenters. The molecule has 0 heterocycles. The molecule has 0 aromatic heterocycles. The van der Waals surface area contributed by atoms with Gasteiger partial charge in [0.15, 0.2) is 0 Å². The molecule has 8 rings (SSSR count). The molecule has 8 aromatic carbocycles. The summed E-state index contributed by atoms with van der Waals surface area (Å²) >= 11 is 0. The Morgan fingerprint density at radius 1 is 0.485 bits per heavy atom. The summed E-state index contributed by atoms with van der Waals surface area (Å²) in [4.78, 5) is 10.8. The van der Waals surface area contributed by atoms with E-state index in [1.165, 1.54) is 64.6 Å². The number of non-ortho nitro benzene ring substituents is 1. The predicted molar refractivity (Wildman–Crippen MR) is 137 cm³/mol. The summed E-state index contributed by atoms with van der Waals surface area (Å²) in [6.07, 6.45) is 0. The first-order valence-corrected chi connectivity index (χ1v) is 11.0. The van der Waals surface area contributed by atoms with E-state index in [0.29, 0.717) is 0 Å². The van der Waals surface area contributed by atoms with Crippen LogP contribution in [0.2, 0.25) is 0 Å². The summed E-state index contributed by atoms with van der Waals surface area (Å²) in [7, 11) is 0. The normalized spacial score (nSPS) is 12.5. The maximum absolute atomic E-state index is 11.2. The SMILES string of the molecule is O=[N+]([O-])c1ccc(-c2cc3ccc4ccc5ccc6ccc7ccc2c2c7c6c5c4c32)cc1. The van der Waals surface area contributed by atoms with Gasteiger partial charge in [0.25, 0.3) is 5.69 Å². The summed E-state index contributed by atoms with van der Waals surface area (Å²) < 4.78 is 0. The molecule has 0 saturated heterocycles. The van der Waals surface area contributed by atoms with Gasteiger partial charge in [-0.2, -0.15) is 0 Å². The largest absolute Gasteiger partial charge is 0.269 e. The number of rotatable bonds is 2. The summed E-state index contributed by atoms with van der Waals surface area (Å²) in [5.41, 5.74) is 2.21. The molecule has 0 aliphatic rings. The summed E-state index contributed by atoms with van der Waals surface area (Å²) in [5.74, 6) is 0. The Morgan fingerprint density at radius 3 is 1.42 bits per heavy atom. The van der Waals surface area contributed by atoms with Crippen LogP contribution in [0.5, 0.6) is 0 Å². The van der Waals surface area contributed by atoms with Gasteiger partial charge < -0.3 is 0 Å². The molecule has 0 aliphatic heterocycles. The highest BCUT2D eigenvalue weighted by Gasteiger charge is 2.21. The minimum atomic E-state index is -0.348. The van der Waals surface area contributed by atoms with E-state index in [0.717, 1.165) is 11.1 Å². The number of hydrogen-bond acceptors (Lipinski definition) is 2. The highest BCUT2D eigenvalue weighted by atomic mass is 16.6. The van der Waals surface area contributed by atoms with Crippen molar-refractivity contribution >= 4 is 70.3 Å². The lowest BCUT2D eigenvalue weighted by molar-refractivity contribution is -0.384.